The second-order valence-electron chi connectivity index (χ2n) is 4.80. The molecule has 1 aliphatic carbocycles. The van der Waals surface area contributed by atoms with E-state index in [1.807, 2.05) is 0 Å². The molecule has 1 fully saturated rings. The number of benzene rings is 1. The van der Waals surface area contributed by atoms with Crippen molar-refractivity contribution in [2.24, 2.45) is 5.92 Å². The minimum Gasteiger partial charge on any atom is -0.484 e. The van der Waals surface area contributed by atoms with E-state index in [9.17, 15) is 4.79 Å². The fraction of sp³-hybridized carbons (Fsp3) is 0.500. The molecular weight excluding hydrogens is 228 g/mol. The first-order chi connectivity index (χ1) is 8.74. The highest BCUT2D eigenvalue weighted by molar-refractivity contribution is 5.77. The second-order valence-corrected chi connectivity index (χ2v) is 4.80. The van der Waals surface area contributed by atoms with Crippen molar-refractivity contribution in [3.8, 4) is 5.75 Å². The zero-order chi connectivity index (χ0) is 12.8. The van der Waals surface area contributed by atoms with E-state index in [2.05, 4.69) is 5.32 Å². The van der Waals surface area contributed by atoms with Crippen LogP contribution in [-0.2, 0) is 4.79 Å². The Bertz CT molecular complexity index is 403. The summed E-state index contributed by atoms with van der Waals surface area (Å²) in [4.78, 5) is 11.5. The van der Waals surface area contributed by atoms with Gasteiger partial charge < -0.3 is 15.8 Å². The van der Waals surface area contributed by atoms with Gasteiger partial charge in [-0.1, -0.05) is 18.9 Å². The standard InChI is InChI=1S/C14H20N2O2/c15-12-4-1-5-13(9-12)18-10-14(17)16-8-2-3-11-6-7-11/h1,4-5,9,11H,2-3,6-8,10,15H2,(H,16,17). The molecule has 0 heterocycles. The van der Waals surface area contributed by atoms with Crippen LogP contribution in [0.3, 0.4) is 0 Å². The molecule has 1 saturated carbocycles. The van der Waals surface area contributed by atoms with Crippen molar-refractivity contribution in [1.82, 2.24) is 5.32 Å². The van der Waals surface area contributed by atoms with Crippen molar-refractivity contribution in [2.75, 3.05) is 18.9 Å². The molecule has 1 aliphatic rings. The number of nitrogen functional groups attached to an aromatic ring is 1. The molecule has 0 radical (unpaired) electrons. The third kappa shape index (κ3) is 4.65. The molecule has 18 heavy (non-hydrogen) atoms. The van der Waals surface area contributed by atoms with E-state index in [1.165, 1.54) is 19.3 Å². The van der Waals surface area contributed by atoms with Gasteiger partial charge in [0, 0.05) is 18.3 Å². The lowest BCUT2D eigenvalue weighted by Crippen LogP contribution is -2.29. The van der Waals surface area contributed by atoms with Crippen LogP contribution in [0.2, 0.25) is 0 Å². The Balaban J connectivity index is 1.58. The van der Waals surface area contributed by atoms with E-state index in [-0.39, 0.29) is 12.5 Å². The summed E-state index contributed by atoms with van der Waals surface area (Å²) >= 11 is 0. The minimum absolute atomic E-state index is 0.0485. The predicted octanol–water partition coefficient (Wildman–Crippen LogP) is 1.95. The molecule has 3 N–H and O–H groups in total. The molecule has 4 heteroatoms. The number of carbonyl (C=O) groups is 1. The van der Waals surface area contributed by atoms with E-state index >= 15 is 0 Å². The third-order valence-electron chi connectivity index (χ3n) is 3.04. The summed E-state index contributed by atoms with van der Waals surface area (Å²) in [6.45, 7) is 0.794. The van der Waals surface area contributed by atoms with Crippen molar-refractivity contribution >= 4 is 11.6 Å². The molecule has 0 bridgehead atoms. The molecule has 1 aromatic rings. The lowest BCUT2D eigenvalue weighted by atomic mass is 10.2. The lowest BCUT2D eigenvalue weighted by Gasteiger charge is -2.07. The van der Waals surface area contributed by atoms with Crippen LogP contribution in [0.15, 0.2) is 24.3 Å². The fourth-order valence-electron chi connectivity index (χ4n) is 1.83. The molecule has 0 aliphatic heterocycles. The van der Waals surface area contributed by atoms with Crippen LogP contribution in [0.4, 0.5) is 5.69 Å². The number of ether oxygens (including phenoxy) is 1. The van der Waals surface area contributed by atoms with E-state index < -0.39 is 0 Å². The van der Waals surface area contributed by atoms with Gasteiger partial charge in [-0.3, -0.25) is 4.79 Å². The maximum Gasteiger partial charge on any atom is 0.257 e. The Morgan fingerprint density at radius 3 is 3.00 bits per heavy atom. The highest BCUT2D eigenvalue weighted by Crippen LogP contribution is 2.33. The molecule has 0 unspecified atom stereocenters. The van der Waals surface area contributed by atoms with Gasteiger partial charge in [0.15, 0.2) is 6.61 Å². The molecule has 1 aromatic carbocycles. The molecule has 0 saturated heterocycles. The van der Waals surface area contributed by atoms with Crippen LogP contribution in [0.25, 0.3) is 0 Å². The van der Waals surface area contributed by atoms with Crippen LogP contribution in [0.1, 0.15) is 25.7 Å². The van der Waals surface area contributed by atoms with Crippen LogP contribution in [0, 0.1) is 5.92 Å². The summed E-state index contributed by atoms with van der Waals surface area (Å²) in [7, 11) is 0. The maximum absolute atomic E-state index is 11.5. The molecular formula is C14H20N2O2. The number of amides is 1. The van der Waals surface area contributed by atoms with Gasteiger partial charge in [0.05, 0.1) is 0 Å². The largest absolute Gasteiger partial charge is 0.484 e. The molecule has 98 valence electrons. The van der Waals surface area contributed by atoms with Gasteiger partial charge in [-0.15, -0.1) is 0 Å². The summed E-state index contributed by atoms with van der Waals surface area (Å²) in [5.41, 5.74) is 6.25. The predicted molar refractivity (Wildman–Crippen MR) is 71.3 cm³/mol. The molecule has 0 atom stereocenters. The number of rotatable bonds is 7. The molecule has 2 rings (SSSR count). The third-order valence-corrected chi connectivity index (χ3v) is 3.04. The quantitative estimate of drug-likeness (QED) is 0.572. The summed E-state index contributed by atoms with van der Waals surface area (Å²) < 4.78 is 5.35. The Kier molecular flexibility index (Phi) is 4.45. The van der Waals surface area contributed by atoms with E-state index in [0.717, 1.165) is 18.9 Å². The van der Waals surface area contributed by atoms with Crippen LogP contribution in [0.5, 0.6) is 5.75 Å². The van der Waals surface area contributed by atoms with Crippen molar-refractivity contribution in [2.45, 2.75) is 25.7 Å². The second kappa shape index (κ2) is 6.28. The Hall–Kier alpha value is -1.71. The average molecular weight is 248 g/mol. The Morgan fingerprint density at radius 1 is 1.44 bits per heavy atom. The number of hydrogen-bond acceptors (Lipinski definition) is 3. The van der Waals surface area contributed by atoms with Gasteiger partial charge in [0.1, 0.15) is 5.75 Å². The zero-order valence-corrected chi connectivity index (χ0v) is 10.5. The van der Waals surface area contributed by atoms with Crippen LogP contribution in [-0.4, -0.2) is 19.1 Å². The highest BCUT2D eigenvalue weighted by atomic mass is 16.5. The number of nitrogens with two attached hydrogens (primary N) is 1. The van der Waals surface area contributed by atoms with Gasteiger partial charge in [-0.25, -0.2) is 0 Å². The van der Waals surface area contributed by atoms with Gasteiger partial charge in [0.2, 0.25) is 0 Å². The molecule has 0 aromatic heterocycles. The van der Waals surface area contributed by atoms with Gasteiger partial charge in [-0.05, 0) is 30.9 Å². The number of anilines is 1. The fourth-order valence-corrected chi connectivity index (χ4v) is 1.83. The number of carbonyl (C=O) groups excluding carboxylic acids is 1. The monoisotopic (exact) mass is 248 g/mol. The van der Waals surface area contributed by atoms with Crippen LogP contribution < -0.4 is 15.8 Å². The molecule has 0 spiro atoms. The van der Waals surface area contributed by atoms with E-state index in [1.54, 1.807) is 24.3 Å². The van der Waals surface area contributed by atoms with Crippen molar-refractivity contribution in [3.05, 3.63) is 24.3 Å². The SMILES string of the molecule is Nc1cccc(OCC(=O)NCCCC2CC2)c1. The first kappa shape index (κ1) is 12.7. The summed E-state index contributed by atoms with van der Waals surface area (Å²) in [5.74, 6) is 1.47. The average Bonchev–Trinajstić information content (AvgIpc) is 3.16. The normalized spacial score (nSPS) is 14.2. The van der Waals surface area contributed by atoms with E-state index in [0.29, 0.717) is 11.4 Å². The smallest absolute Gasteiger partial charge is 0.257 e. The number of nitrogens with one attached hydrogen (secondary N) is 1. The van der Waals surface area contributed by atoms with Gasteiger partial charge >= 0.3 is 0 Å². The molecule has 1 amide bonds. The first-order valence-electron chi connectivity index (χ1n) is 6.49. The minimum atomic E-state index is -0.0757. The van der Waals surface area contributed by atoms with Gasteiger partial charge in [0.25, 0.3) is 5.91 Å². The highest BCUT2D eigenvalue weighted by Gasteiger charge is 2.20. The van der Waals surface area contributed by atoms with Crippen molar-refractivity contribution in [3.63, 3.8) is 0 Å². The summed E-state index contributed by atoms with van der Waals surface area (Å²) in [6, 6.07) is 7.08. The van der Waals surface area contributed by atoms with Crippen LogP contribution >= 0.6 is 0 Å². The van der Waals surface area contributed by atoms with Gasteiger partial charge in [-0.2, -0.15) is 0 Å². The Labute approximate surface area is 108 Å². The summed E-state index contributed by atoms with van der Waals surface area (Å²) in [5, 5.41) is 2.86. The Morgan fingerprint density at radius 2 is 2.28 bits per heavy atom. The topological polar surface area (TPSA) is 64.3 Å². The zero-order valence-electron chi connectivity index (χ0n) is 10.5. The molecule has 4 nitrogen and oxygen atoms in total. The number of hydrogen-bond donors (Lipinski definition) is 2. The first-order valence-corrected chi connectivity index (χ1v) is 6.49. The lowest BCUT2D eigenvalue weighted by molar-refractivity contribution is -0.123. The van der Waals surface area contributed by atoms with E-state index in [4.69, 9.17) is 10.5 Å². The maximum atomic E-state index is 11.5. The van der Waals surface area contributed by atoms with Crippen molar-refractivity contribution < 1.29 is 9.53 Å². The van der Waals surface area contributed by atoms with Crippen molar-refractivity contribution in [1.29, 1.82) is 0 Å². The summed E-state index contributed by atoms with van der Waals surface area (Å²) in [6.07, 6.45) is 5.03.